The normalized spacial score (nSPS) is 8.69. The van der Waals surface area contributed by atoms with E-state index in [-0.39, 0.29) is 0 Å². The quantitative estimate of drug-likeness (QED) is 0.415. The summed E-state index contributed by atoms with van der Waals surface area (Å²) in [4.78, 5) is 0.398. The Morgan fingerprint density at radius 1 is 1.54 bits per heavy atom. The van der Waals surface area contributed by atoms with Crippen molar-refractivity contribution in [2.24, 2.45) is 5.73 Å². The monoisotopic (exact) mass is 207 g/mol. The molecule has 0 aliphatic heterocycles. The summed E-state index contributed by atoms with van der Waals surface area (Å²) in [6.07, 6.45) is 0. The fraction of sp³-hybridized carbons (Fsp3) is 0.100. The van der Waals surface area contributed by atoms with Gasteiger partial charge in [0.1, 0.15) is 4.99 Å². The molecule has 0 radical (unpaired) electrons. The zero-order valence-corrected chi connectivity index (χ0v) is 8.66. The summed E-state index contributed by atoms with van der Waals surface area (Å²) in [7, 11) is 0. The smallest absolute Gasteiger partial charge is 0.104 e. The number of rotatable bonds is 1. The molecule has 0 fully saturated rings. The number of thiocarbonyl (C=S) groups is 1. The van der Waals surface area contributed by atoms with E-state index < -0.39 is 0 Å². The van der Waals surface area contributed by atoms with Crippen molar-refractivity contribution in [2.45, 2.75) is 0 Å². The largest absolute Gasteiger partial charge is 0.389 e. The van der Waals surface area contributed by atoms with Crippen LogP contribution in [-0.4, -0.2) is 10.7 Å². The lowest BCUT2D eigenvalue weighted by atomic mass is 10.1. The Bertz CT molecular complexity index is 374. The van der Waals surface area contributed by atoms with E-state index in [1.54, 1.807) is 0 Å². The molecule has 0 aromatic heterocycles. The maximum Gasteiger partial charge on any atom is 0.104 e. The van der Waals surface area contributed by atoms with Gasteiger partial charge in [-0.05, 0) is 12.1 Å². The van der Waals surface area contributed by atoms with Crippen LogP contribution < -0.4 is 5.73 Å². The second kappa shape index (κ2) is 4.90. The Morgan fingerprint density at radius 2 is 2.31 bits per heavy atom. The van der Waals surface area contributed by atoms with Gasteiger partial charge in [0.15, 0.2) is 0 Å². The van der Waals surface area contributed by atoms with Crippen molar-refractivity contribution in [3.63, 3.8) is 0 Å². The summed E-state index contributed by atoms with van der Waals surface area (Å²) in [5, 5.41) is 0. The van der Waals surface area contributed by atoms with E-state index in [4.69, 9.17) is 18.0 Å². The summed E-state index contributed by atoms with van der Waals surface area (Å²) in [5.74, 6) is 6.36. The average Bonchev–Trinajstić information content (AvgIpc) is 2.15. The van der Waals surface area contributed by atoms with Crippen molar-refractivity contribution in [2.75, 3.05) is 5.75 Å². The predicted molar refractivity (Wildman–Crippen MR) is 63.1 cm³/mol. The van der Waals surface area contributed by atoms with Crippen LogP contribution in [0.3, 0.4) is 0 Å². The Balaban J connectivity index is 2.98. The Kier molecular flexibility index (Phi) is 3.81. The molecule has 0 bridgehead atoms. The first-order chi connectivity index (χ1) is 6.24. The summed E-state index contributed by atoms with van der Waals surface area (Å²) >= 11 is 8.84. The molecular weight excluding hydrogens is 198 g/mol. The van der Waals surface area contributed by atoms with Crippen LogP contribution >= 0.6 is 24.8 Å². The molecule has 1 nitrogen and oxygen atoms in total. The fourth-order valence-electron chi connectivity index (χ4n) is 0.892. The van der Waals surface area contributed by atoms with E-state index in [1.807, 2.05) is 24.3 Å². The molecule has 0 atom stereocenters. The summed E-state index contributed by atoms with van der Waals surface area (Å²) in [5.41, 5.74) is 7.24. The first-order valence-corrected chi connectivity index (χ1v) is 4.77. The molecule has 0 aliphatic rings. The van der Waals surface area contributed by atoms with Crippen LogP contribution in [0.15, 0.2) is 24.3 Å². The minimum absolute atomic E-state index is 0.398. The predicted octanol–water partition coefficient (Wildman–Crippen LogP) is 1.60. The lowest BCUT2D eigenvalue weighted by Crippen LogP contribution is -2.08. The van der Waals surface area contributed by atoms with Gasteiger partial charge in [0.25, 0.3) is 0 Å². The third-order valence-electron chi connectivity index (χ3n) is 1.46. The van der Waals surface area contributed by atoms with Crippen LogP contribution in [0, 0.1) is 11.8 Å². The summed E-state index contributed by atoms with van der Waals surface area (Å²) in [6, 6.07) is 7.54. The molecule has 3 heteroatoms. The summed E-state index contributed by atoms with van der Waals surface area (Å²) in [6.45, 7) is 0. The number of thiol groups is 1. The van der Waals surface area contributed by atoms with Crippen molar-refractivity contribution in [1.82, 2.24) is 0 Å². The first kappa shape index (κ1) is 10.1. The molecule has 0 saturated heterocycles. The van der Waals surface area contributed by atoms with Gasteiger partial charge in [0, 0.05) is 11.1 Å². The van der Waals surface area contributed by atoms with E-state index in [2.05, 4.69) is 24.5 Å². The third kappa shape index (κ3) is 3.10. The lowest BCUT2D eigenvalue weighted by molar-refractivity contribution is 1.58. The minimum Gasteiger partial charge on any atom is -0.389 e. The van der Waals surface area contributed by atoms with Gasteiger partial charge < -0.3 is 5.73 Å². The first-order valence-electron chi connectivity index (χ1n) is 3.73. The van der Waals surface area contributed by atoms with Crippen molar-refractivity contribution in [3.05, 3.63) is 35.4 Å². The zero-order chi connectivity index (χ0) is 9.68. The van der Waals surface area contributed by atoms with Crippen LogP contribution in [0.2, 0.25) is 0 Å². The molecule has 0 unspecified atom stereocenters. The molecule has 1 aromatic rings. The number of nitrogens with two attached hydrogens (primary N) is 1. The molecule has 0 aliphatic carbocycles. The van der Waals surface area contributed by atoms with Gasteiger partial charge in [-0.2, -0.15) is 12.6 Å². The molecule has 13 heavy (non-hydrogen) atoms. The van der Waals surface area contributed by atoms with Crippen LogP contribution in [0.4, 0.5) is 0 Å². The highest BCUT2D eigenvalue weighted by Gasteiger charge is 1.94. The molecule has 0 amide bonds. The molecular formula is C10H9NS2. The molecule has 1 aromatic carbocycles. The second-order valence-electron chi connectivity index (χ2n) is 2.40. The van der Waals surface area contributed by atoms with Gasteiger partial charge in [-0.1, -0.05) is 36.2 Å². The number of hydrogen-bond acceptors (Lipinski definition) is 2. The number of hydrogen-bond donors (Lipinski definition) is 2. The van der Waals surface area contributed by atoms with Crippen LogP contribution in [0.25, 0.3) is 0 Å². The highest BCUT2D eigenvalue weighted by molar-refractivity contribution is 7.80. The molecule has 0 saturated carbocycles. The highest BCUT2D eigenvalue weighted by Crippen LogP contribution is 2.03. The van der Waals surface area contributed by atoms with Crippen LogP contribution in [0.5, 0.6) is 0 Å². The third-order valence-corrected chi connectivity index (χ3v) is 1.85. The van der Waals surface area contributed by atoms with Gasteiger partial charge in [-0.3, -0.25) is 0 Å². The topological polar surface area (TPSA) is 26.0 Å². The Labute approximate surface area is 88.7 Å². The van der Waals surface area contributed by atoms with Crippen molar-refractivity contribution < 1.29 is 0 Å². The van der Waals surface area contributed by atoms with E-state index in [0.717, 1.165) is 11.1 Å². The fourth-order valence-corrected chi connectivity index (χ4v) is 1.10. The highest BCUT2D eigenvalue weighted by atomic mass is 32.1. The summed E-state index contributed by atoms with van der Waals surface area (Å²) < 4.78 is 0. The van der Waals surface area contributed by atoms with Crippen LogP contribution in [-0.2, 0) is 0 Å². The van der Waals surface area contributed by atoms with Gasteiger partial charge in [-0.25, -0.2) is 0 Å². The maximum atomic E-state index is 5.48. The van der Waals surface area contributed by atoms with E-state index in [1.165, 1.54) is 0 Å². The Hall–Kier alpha value is -0.980. The molecule has 1 rings (SSSR count). The molecule has 0 heterocycles. The lowest BCUT2D eigenvalue weighted by Gasteiger charge is -1.97. The molecule has 66 valence electrons. The number of benzene rings is 1. The standard InChI is InChI=1S/C10H9NS2/c11-10(13)9-5-1-3-8(7-9)4-2-6-12/h1,3,5,7,12H,6H2,(H2,11,13). The SMILES string of the molecule is NC(=S)c1cccc(C#CCS)c1. The molecule has 2 N–H and O–H groups in total. The van der Waals surface area contributed by atoms with E-state index in [0.29, 0.717) is 10.7 Å². The molecule has 0 spiro atoms. The van der Waals surface area contributed by atoms with E-state index >= 15 is 0 Å². The van der Waals surface area contributed by atoms with Crippen molar-refractivity contribution >= 4 is 29.8 Å². The van der Waals surface area contributed by atoms with Gasteiger partial charge in [-0.15, -0.1) is 0 Å². The average molecular weight is 207 g/mol. The van der Waals surface area contributed by atoms with E-state index in [9.17, 15) is 0 Å². The maximum absolute atomic E-state index is 5.48. The van der Waals surface area contributed by atoms with Gasteiger partial charge in [0.05, 0.1) is 5.75 Å². The Morgan fingerprint density at radius 3 is 2.92 bits per heavy atom. The minimum atomic E-state index is 0.398. The van der Waals surface area contributed by atoms with Crippen molar-refractivity contribution in [1.29, 1.82) is 0 Å². The van der Waals surface area contributed by atoms with Gasteiger partial charge >= 0.3 is 0 Å². The van der Waals surface area contributed by atoms with Crippen molar-refractivity contribution in [3.8, 4) is 11.8 Å². The van der Waals surface area contributed by atoms with Crippen LogP contribution in [0.1, 0.15) is 11.1 Å². The second-order valence-corrected chi connectivity index (χ2v) is 3.16. The van der Waals surface area contributed by atoms with Gasteiger partial charge in [0.2, 0.25) is 0 Å². The zero-order valence-electron chi connectivity index (χ0n) is 6.95.